The monoisotopic (exact) mass is 236 g/mol. The third kappa shape index (κ3) is 2.84. The Balaban J connectivity index is 3.10. The Morgan fingerprint density at radius 2 is 1.76 bits per heavy atom. The van der Waals surface area contributed by atoms with Gasteiger partial charge in [0.25, 0.3) is 5.91 Å². The van der Waals surface area contributed by atoms with Gasteiger partial charge in [-0.1, -0.05) is 6.07 Å². The zero-order chi connectivity index (χ0) is 13.2. The van der Waals surface area contributed by atoms with E-state index < -0.39 is 12.0 Å². The van der Waals surface area contributed by atoms with E-state index in [0.29, 0.717) is 0 Å². The van der Waals surface area contributed by atoms with Gasteiger partial charge in [-0.15, -0.1) is 0 Å². The summed E-state index contributed by atoms with van der Waals surface area (Å²) in [6.45, 7) is 7.82. The number of nitrogens with one attached hydrogen (secondary N) is 1. The molecule has 0 fully saturated rings. The molecule has 1 rings (SSSR count). The molecule has 0 aliphatic rings. The molecule has 94 valence electrons. The van der Waals surface area contributed by atoms with E-state index in [9.17, 15) is 9.90 Å². The maximum atomic E-state index is 11.6. The molecule has 0 radical (unpaired) electrons. The standard InChI is InChI=1S/C13H20N2O2/c1-7-5-8(2)10(4)12(9(7)3)15-13(17)11(16)6-14/h5,11,16H,6,14H2,1-4H3,(H,15,17). The van der Waals surface area contributed by atoms with Gasteiger partial charge in [0.15, 0.2) is 0 Å². The summed E-state index contributed by atoms with van der Waals surface area (Å²) in [6.07, 6.45) is -1.16. The first kappa shape index (κ1) is 13.7. The van der Waals surface area contributed by atoms with Crippen LogP contribution in [-0.4, -0.2) is 23.7 Å². The molecule has 1 amide bonds. The molecule has 0 aliphatic heterocycles. The molecule has 17 heavy (non-hydrogen) atoms. The zero-order valence-electron chi connectivity index (χ0n) is 10.8. The lowest BCUT2D eigenvalue weighted by Gasteiger charge is -2.17. The summed E-state index contributed by atoms with van der Waals surface area (Å²) in [5.41, 5.74) is 10.3. The molecule has 1 aromatic rings. The minimum Gasteiger partial charge on any atom is -0.382 e. The first-order valence-corrected chi connectivity index (χ1v) is 5.64. The Kier molecular flexibility index (Phi) is 4.26. The Bertz CT molecular complexity index is 415. The van der Waals surface area contributed by atoms with Crippen molar-refractivity contribution in [3.8, 4) is 0 Å². The number of carbonyl (C=O) groups is 1. The topological polar surface area (TPSA) is 75.3 Å². The van der Waals surface area contributed by atoms with E-state index in [1.807, 2.05) is 27.7 Å². The van der Waals surface area contributed by atoms with Gasteiger partial charge in [-0.05, 0) is 49.9 Å². The van der Waals surface area contributed by atoms with Gasteiger partial charge in [-0.3, -0.25) is 4.79 Å². The summed E-state index contributed by atoms with van der Waals surface area (Å²) < 4.78 is 0. The Labute approximate surface area is 102 Å². The fourth-order valence-corrected chi connectivity index (χ4v) is 1.72. The molecule has 0 bridgehead atoms. The van der Waals surface area contributed by atoms with Crippen molar-refractivity contribution in [1.82, 2.24) is 0 Å². The fourth-order valence-electron chi connectivity index (χ4n) is 1.72. The van der Waals surface area contributed by atoms with Crippen molar-refractivity contribution in [2.75, 3.05) is 11.9 Å². The predicted molar refractivity (Wildman–Crippen MR) is 69.1 cm³/mol. The molecule has 4 nitrogen and oxygen atoms in total. The van der Waals surface area contributed by atoms with Crippen molar-refractivity contribution in [2.45, 2.75) is 33.8 Å². The number of rotatable bonds is 3. The fraction of sp³-hybridized carbons (Fsp3) is 0.462. The van der Waals surface area contributed by atoms with E-state index in [-0.39, 0.29) is 6.54 Å². The highest BCUT2D eigenvalue weighted by atomic mass is 16.3. The lowest BCUT2D eigenvalue weighted by atomic mass is 9.98. The summed E-state index contributed by atoms with van der Waals surface area (Å²) >= 11 is 0. The van der Waals surface area contributed by atoms with E-state index in [4.69, 9.17) is 5.73 Å². The van der Waals surface area contributed by atoms with Crippen LogP contribution in [0.3, 0.4) is 0 Å². The minimum atomic E-state index is -1.16. The summed E-state index contributed by atoms with van der Waals surface area (Å²) in [6, 6.07) is 2.08. The predicted octanol–water partition coefficient (Wildman–Crippen LogP) is 1.18. The Hall–Kier alpha value is -1.39. The van der Waals surface area contributed by atoms with Crippen molar-refractivity contribution in [3.63, 3.8) is 0 Å². The summed E-state index contributed by atoms with van der Waals surface area (Å²) in [7, 11) is 0. The number of aliphatic hydroxyl groups is 1. The summed E-state index contributed by atoms with van der Waals surface area (Å²) in [4.78, 5) is 11.6. The van der Waals surface area contributed by atoms with Crippen LogP contribution in [0.25, 0.3) is 0 Å². The molecule has 4 N–H and O–H groups in total. The molecule has 1 atom stereocenters. The smallest absolute Gasteiger partial charge is 0.254 e. The first-order valence-electron chi connectivity index (χ1n) is 5.64. The third-order valence-electron chi connectivity index (χ3n) is 3.14. The highest BCUT2D eigenvalue weighted by Crippen LogP contribution is 2.26. The van der Waals surface area contributed by atoms with Crippen LogP contribution < -0.4 is 11.1 Å². The second-order valence-corrected chi connectivity index (χ2v) is 4.38. The number of aliphatic hydroxyl groups excluding tert-OH is 1. The van der Waals surface area contributed by atoms with E-state index in [0.717, 1.165) is 27.9 Å². The number of hydrogen-bond donors (Lipinski definition) is 3. The van der Waals surface area contributed by atoms with Crippen LogP contribution in [0.4, 0.5) is 5.69 Å². The van der Waals surface area contributed by atoms with Crippen LogP contribution in [0.15, 0.2) is 6.07 Å². The summed E-state index contributed by atoms with van der Waals surface area (Å²) in [5.74, 6) is -0.455. The van der Waals surface area contributed by atoms with E-state index in [2.05, 4.69) is 11.4 Å². The van der Waals surface area contributed by atoms with Crippen LogP contribution in [0, 0.1) is 27.7 Å². The number of aryl methyl sites for hydroxylation is 2. The molecule has 4 heteroatoms. The number of nitrogens with two attached hydrogens (primary N) is 1. The summed E-state index contributed by atoms with van der Waals surface area (Å²) in [5, 5.41) is 12.1. The van der Waals surface area contributed by atoms with Crippen LogP contribution in [-0.2, 0) is 4.79 Å². The quantitative estimate of drug-likeness (QED) is 0.737. The molecular weight excluding hydrogens is 216 g/mol. The van der Waals surface area contributed by atoms with E-state index in [1.54, 1.807) is 0 Å². The molecule has 0 heterocycles. The zero-order valence-corrected chi connectivity index (χ0v) is 10.8. The van der Waals surface area contributed by atoms with Gasteiger partial charge in [0.1, 0.15) is 6.10 Å². The molecule has 0 aromatic heterocycles. The van der Waals surface area contributed by atoms with Gasteiger partial charge in [-0.25, -0.2) is 0 Å². The molecule has 0 aliphatic carbocycles. The molecule has 0 saturated carbocycles. The van der Waals surface area contributed by atoms with Crippen LogP contribution in [0.1, 0.15) is 22.3 Å². The SMILES string of the molecule is Cc1cc(C)c(C)c(NC(=O)C(O)CN)c1C. The number of carbonyl (C=O) groups excluding carboxylic acids is 1. The van der Waals surface area contributed by atoms with Gasteiger partial charge < -0.3 is 16.2 Å². The van der Waals surface area contributed by atoms with Crippen LogP contribution in [0.2, 0.25) is 0 Å². The van der Waals surface area contributed by atoms with Crippen LogP contribution >= 0.6 is 0 Å². The lowest BCUT2D eigenvalue weighted by Crippen LogP contribution is -2.34. The second-order valence-electron chi connectivity index (χ2n) is 4.38. The van der Waals surface area contributed by atoms with Gasteiger partial charge in [-0.2, -0.15) is 0 Å². The van der Waals surface area contributed by atoms with Gasteiger partial charge in [0, 0.05) is 12.2 Å². The van der Waals surface area contributed by atoms with Crippen molar-refractivity contribution >= 4 is 11.6 Å². The van der Waals surface area contributed by atoms with Gasteiger partial charge >= 0.3 is 0 Å². The first-order chi connectivity index (χ1) is 7.88. The largest absolute Gasteiger partial charge is 0.382 e. The molecule has 1 aromatic carbocycles. The van der Waals surface area contributed by atoms with Gasteiger partial charge in [0.05, 0.1) is 0 Å². The third-order valence-corrected chi connectivity index (χ3v) is 3.14. The number of hydrogen-bond acceptors (Lipinski definition) is 3. The normalized spacial score (nSPS) is 12.4. The van der Waals surface area contributed by atoms with Crippen molar-refractivity contribution in [3.05, 3.63) is 28.3 Å². The average Bonchev–Trinajstić information content (AvgIpc) is 2.30. The molecule has 0 saturated heterocycles. The number of amides is 1. The highest BCUT2D eigenvalue weighted by Gasteiger charge is 2.16. The Morgan fingerprint density at radius 1 is 1.29 bits per heavy atom. The second kappa shape index (κ2) is 5.29. The number of anilines is 1. The van der Waals surface area contributed by atoms with E-state index in [1.165, 1.54) is 0 Å². The van der Waals surface area contributed by atoms with Crippen molar-refractivity contribution < 1.29 is 9.90 Å². The van der Waals surface area contributed by atoms with E-state index >= 15 is 0 Å². The van der Waals surface area contributed by atoms with Crippen molar-refractivity contribution in [1.29, 1.82) is 0 Å². The van der Waals surface area contributed by atoms with Crippen LogP contribution in [0.5, 0.6) is 0 Å². The minimum absolute atomic E-state index is 0.0747. The maximum absolute atomic E-state index is 11.6. The average molecular weight is 236 g/mol. The number of benzene rings is 1. The van der Waals surface area contributed by atoms with Gasteiger partial charge in [0.2, 0.25) is 0 Å². The highest BCUT2D eigenvalue weighted by molar-refractivity contribution is 5.95. The molecule has 1 unspecified atom stereocenters. The Morgan fingerprint density at radius 3 is 2.18 bits per heavy atom. The maximum Gasteiger partial charge on any atom is 0.254 e. The lowest BCUT2D eigenvalue weighted by molar-refractivity contribution is -0.123. The molecule has 0 spiro atoms. The molecular formula is C13H20N2O2. The van der Waals surface area contributed by atoms with Crippen molar-refractivity contribution in [2.24, 2.45) is 5.73 Å².